The van der Waals surface area contributed by atoms with Gasteiger partial charge in [0.2, 0.25) is 0 Å². The molecule has 4 rings (SSSR count). The molecule has 0 aliphatic heterocycles. The highest BCUT2D eigenvalue weighted by molar-refractivity contribution is 6.07. The molecule has 0 aliphatic rings. The molecule has 0 saturated heterocycles. The van der Waals surface area contributed by atoms with E-state index in [2.05, 4.69) is 10.4 Å². The average Bonchev–Trinajstić information content (AvgIpc) is 3.48. The zero-order valence-corrected chi connectivity index (χ0v) is 18.3. The number of halogens is 4. The van der Waals surface area contributed by atoms with Gasteiger partial charge in [-0.3, -0.25) is 9.59 Å². The molecule has 0 spiro atoms. The second-order valence-corrected chi connectivity index (χ2v) is 7.64. The van der Waals surface area contributed by atoms with Gasteiger partial charge in [-0.2, -0.15) is 18.3 Å². The number of carbonyl (C=O) groups excluding carboxylic acids is 2. The summed E-state index contributed by atoms with van der Waals surface area (Å²) in [4.78, 5) is 25.4. The van der Waals surface area contributed by atoms with Gasteiger partial charge in [-0.15, -0.1) is 0 Å². The third-order valence-corrected chi connectivity index (χ3v) is 5.11. The van der Waals surface area contributed by atoms with Crippen LogP contribution in [0.25, 0.3) is 11.5 Å². The van der Waals surface area contributed by atoms with Gasteiger partial charge in [-0.1, -0.05) is 6.07 Å². The summed E-state index contributed by atoms with van der Waals surface area (Å²) in [5, 5.41) is 8.80. The molecule has 2 heterocycles. The van der Waals surface area contributed by atoms with Gasteiger partial charge in [0, 0.05) is 23.6 Å². The molecule has 0 fully saturated rings. The third kappa shape index (κ3) is 5.40. The van der Waals surface area contributed by atoms with Crippen molar-refractivity contribution < 1.29 is 27.2 Å². The Bertz CT molecular complexity index is 1360. The molecule has 180 valence electrons. The lowest BCUT2D eigenvalue weighted by atomic mass is 10.1. The van der Waals surface area contributed by atoms with Gasteiger partial charge in [-0.05, 0) is 61.0 Å². The first-order chi connectivity index (χ1) is 16.6. The van der Waals surface area contributed by atoms with E-state index in [0.717, 1.165) is 0 Å². The van der Waals surface area contributed by atoms with E-state index in [0.29, 0.717) is 17.1 Å². The topological polar surface area (TPSA) is 81.0 Å². The number of carbonyl (C=O) groups is 2. The zero-order chi connectivity index (χ0) is 25.2. The Hall–Kier alpha value is -4.41. The van der Waals surface area contributed by atoms with E-state index >= 15 is 0 Å². The van der Waals surface area contributed by atoms with Crippen LogP contribution in [0.1, 0.15) is 26.3 Å². The summed E-state index contributed by atoms with van der Waals surface area (Å²) in [6.45, 7) is 0.214. The third-order valence-electron chi connectivity index (χ3n) is 5.11. The first kappa shape index (κ1) is 23.7. The highest BCUT2D eigenvalue weighted by atomic mass is 19.4. The number of hydrogen-bond donors (Lipinski definition) is 2. The Balaban J connectivity index is 1.64. The fraction of sp³-hybridized carbons (Fsp3) is 0.125. The van der Waals surface area contributed by atoms with Crippen molar-refractivity contribution in [1.29, 1.82) is 0 Å². The zero-order valence-electron chi connectivity index (χ0n) is 18.3. The lowest BCUT2D eigenvalue weighted by Gasteiger charge is -2.13. The second-order valence-electron chi connectivity index (χ2n) is 7.64. The quantitative estimate of drug-likeness (QED) is 0.390. The van der Waals surface area contributed by atoms with E-state index in [4.69, 9.17) is 0 Å². The summed E-state index contributed by atoms with van der Waals surface area (Å²) < 4.78 is 53.8. The van der Waals surface area contributed by atoms with Gasteiger partial charge >= 0.3 is 6.18 Å². The molecule has 35 heavy (non-hydrogen) atoms. The summed E-state index contributed by atoms with van der Waals surface area (Å²) in [6.07, 6.45) is 0.232. The molecule has 2 aromatic heterocycles. The fourth-order valence-corrected chi connectivity index (χ4v) is 3.37. The van der Waals surface area contributed by atoms with Crippen molar-refractivity contribution in [3.63, 3.8) is 0 Å². The van der Waals surface area contributed by atoms with Crippen molar-refractivity contribution in [3.8, 4) is 11.5 Å². The number of hydrogen-bond acceptors (Lipinski definition) is 3. The summed E-state index contributed by atoms with van der Waals surface area (Å²) in [6, 6.07) is 13.3. The molecule has 0 unspecified atom stereocenters. The molecule has 0 aliphatic carbocycles. The van der Waals surface area contributed by atoms with Crippen LogP contribution in [0, 0.1) is 12.7 Å². The molecule has 2 aromatic carbocycles. The predicted octanol–water partition coefficient (Wildman–Crippen LogP) is 4.65. The van der Waals surface area contributed by atoms with E-state index < -0.39 is 30.4 Å². The Labute approximate surface area is 197 Å². The number of anilines is 1. The van der Waals surface area contributed by atoms with Crippen LogP contribution in [0.15, 0.2) is 73.2 Å². The number of benzene rings is 2. The monoisotopic (exact) mass is 485 g/mol. The van der Waals surface area contributed by atoms with Crippen molar-refractivity contribution in [3.05, 3.63) is 95.7 Å². The fourth-order valence-electron chi connectivity index (χ4n) is 3.37. The maximum atomic E-state index is 13.4. The first-order valence-electron chi connectivity index (χ1n) is 10.4. The molecule has 2 amide bonds. The van der Waals surface area contributed by atoms with Crippen LogP contribution in [0.4, 0.5) is 23.2 Å². The van der Waals surface area contributed by atoms with Crippen molar-refractivity contribution in [2.45, 2.75) is 13.1 Å². The minimum atomic E-state index is -4.54. The Morgan fingerprint density at radius 2 is 1.69 bits per heavy atom. The summed E-state index contributed by atoms with van der Waals surface area (Å²) in [7, 11) is 0. The summed E-state index contributed by atoms with van der Waals surface area (Å²) in [5.41, 5.74) is 1.51. The number of nitrogens with zero attached hydrogens (tertiary/aromatic N) is 3. The molecule has 0 radical (unpaired) electrons. The Morgan fingerprint density at radius 1 is 1.00 bits per heavy atom. The minimum absolute atomic E-state index is 0.0391. The molecule has 4 aromatic rings. The molecule has 0 bridgehead atoms. The van der Waals surface area contributed by atoms with E-state index in [1.54, 1.807) is 41.3 Å². The van der Waals surface area contributed by atoms with Gasteiger partial charge in [-0.25, -0.2) is 9.07 Å². The van der Waals surface area contributed by atoms with Crippen molar-refractivity contribution in [2.75, 3.05) is 11.9 Å². The summed E-state index contributed by atoms with van der Waals surface area (Å²) >= 11 is 0. The largest absolute Gasteiger partial charge is 0.405 e. The molecule has 11 heteroatoms. The lowest BCUT2D eigenvalue weighted by Crippen LogP contribution is -2.33. The molecular formula is C24H19F4N5O2. The number of aromatic nitrogens is 3. The first-order valence-corrected chi connectivity index (χ1v) is 10.4. The molecular weight excluding hydrogens is 466 g/mol. The van der Waals surface area contributed by atoms with E-state index in [1.165, 1.54) is 53.3 Å². The van der Waals surface area contributed by atoms with Gasteiger partial charge < -0.3 is 15.2 Å². The maximum Gasteiger partial charge on any atom is 0.405 e. The van der Waals surface area contributed by atoms with Crippen molar-refractivity contribution in [1.82, 2.24) is 19.7 Å². The van der Waals surface area contributed by atoms with Gasteiger partial charge in [0.25, 0.3) is 11.8 Å². The van der Waals surface area contributed by atoms with Crippen molar-refractivity contribution >= 4 is 17.5 Å². The van der Waals surface area contributed by atoms with Crippen molar-refractivity contribution in [2.24, 2.45) is 0 Å². The van der Waals surface area contributed by atoms with Crippen LogP contribution in [-0.2, 0) is 0 Å². The number of nitrogens with one attached hydrogen (secondary N) is 2. The van der Waals surface area contributed by atoms with Crippen LogP contribution in [0.2, 0.25) is 0 Å². The van der Waals surface area contributed by atoms with Crippen LogP contribution < -0.4 is 10.6 Å². The highest BCUT2D eigenvalue weighted by Gasteiger charge is 2.28. The number of alkyl halides is 3. The normalized spacial score (nSPS) is 11.3. The van der Waals surface area contributed by atoms with E-state index in [1.807, 2.05) is 0 Å². The average molecular weight is 485 g/mol. The Morgan fingerprint density at radius 3 is 2.34 bits per heavy atom. The van der Waals surface area contributed by atoms with Crippen LogP contribution in [0.5, 0.6) is 0 Å². The molecule has 0 saturated carbocycles. The smallest absolute Gasteiger partial charge is 0.343 e. The minimum Gasteiger partial charge on any atom is -0.343 e. The van der Waals surface area contributed by atoms with Gasteiger partial charge in [0.05, 0.1) is 11.9 Å². The summed E-state index contributed by atoms with van der Waals surface area (Å²) in [5.74, 6) is -1.51. The van der Waals surface area contributed by atoms with E-state index in [-0.39, 0.29) is 16.8 Å². The highest BCUT2D eigenvalue weighted by Crippen LogP contribution is 2.23. The standard InChI is InChI=1S/C24H19F4N5O2/c1-15-4-5-16(21(34)29-14-24(26,27)28)12-20(15)31-22(35)19-13-30-33(18-8-6-17(25)7-9-18)23(19)32-10-2-3-11-32/h2-13H,14H2,1H3,(H,29,34)(H,31,35). The second kappa shape index (κ2) is 9.45. The lowest BCUT2D eigenvalue weighted by molar-refractivity contribution is -0.123. The van der Waals surface area contributed by atoms with Gasteiger partial charge in [0.15, 0.2) is 5.82 Å². The van der Waals surface area contributed by atoms with Gasteiger partial charge in [0.1, 0.15) is 17.9 Å². The van der Waals surface area contributed by atoms with Crippen LogP contribution >= 0.6 is 0 Å². The molecule has 0 atom stereocenters. The Kier molecular flexibility index (Phi) is 6.41. The molecule has 2 N–H and O–H groups in total. The molecule has 7 nitrogen and oxygen atoms in total. The predicted molar refractivity (Wildman–Crippen MR) is 120 cm³/mol. The number of rotatable bonds is 6. The number of aryl methyl sites for hydroxylation is 1. The van der Waals surface area contributed by atoms with Crippen LogP contribution in [0.3, 0.4) is 0 Å². The maximum absolute atomic E-state index is 13.4. The number of amides is 2. The van der Waals surface area contributed by atoms with Crippen LogP contribution in [-0.4, -0.2) is 38.9 Å². The van der Waals surface area contributed by atoms with E-state index in [9.17, 15) is 27.2 Å². The SMILES string of the molecule is Cc1ccc(C(=O)NCC(F)(F)F)cc1NC(=O)c1cnn(-c2ccc(F)cc2)c1-n1cccc1.